The van der Waals surface area contributed by atoms with Crippen molar-refractivity contribution in [2.75, 3.05) is 6.61 Å². The molecule has 2 aromatic heterocycles. The number of hydrogen-bond donors (Lipinski definition) is 1. The third kappa shape index (κ3) is 3.06. The molecule has 2 heterocycles. The van der Waals surface area contributed by atoms with Crippen molar-refractivity contribution >= 4 is 35.5 Å². The van der Waals surface area contributed by atoms with E-state index in [1.54, 1.807) is 25.4 Å². The Hall–Kier alpha value is -1.44. The Morgan fingerprint density at radius 1 is 1.56 bits per heavy atom. The first kappa shape index (κ1) is 14.6. The molecule has 2 aromatic rings. The van der Waals surface area contributed by atoms with Crippen LogP contribution in [0.5, 0.6) is 5.88 Å². The Balaban J connectivity index is 0.00000162. The van der Waals surface area contributed by atoms with E-state index in [9.17, 15) is 9.90 Å². The number of rotatable bonds is 3. The number of esters is 1. The summed E-state index contributed by atoms with van der Waals surface area (Å²) in [5.74, 6) is -0.901. The minimum atomic E-state index is -0.656. The van der Waals surface area contributed by atoms with Crippen molar-refractivity contribution in [1.29, 1.82) is 0 Å². The number of hydrogen-bond acceptors (Lipinski definition) is 6. The standard InChI is InChI=1S/C10H10N4O3.Na.H/c1-2-17-9(16)7-6-11-10(13-8(7)15)14-5-3-4-12-14;;/h3-6H,2H2,1H3,(H,11,13,15);;. The maximum atomic E-state index is 11.4. The fraction of sp³-hybridized carbons (Fsp3) is 0.200. The summed E-state index contributed by atoms with van der Waals surface area (Å²) in [7, 11) is 0. The van der Waals surface area contributed by atoms with E-state index >= 15 is 0 Å². The molecule has 0 aliphatic rings. The molecule has 90 valence electrons. The molecule has 1 N–H and O–H groups in total. The second-order valence-corrected chi connectivity index (χ2v) is 3.08. The second kappa shape index (κ2) is 6.48. The topological polar surface area (TPSA) is 90.1 Å². The first-order chi connectivity index (χ1) is 8.22. The molecular formula is C10H11N4NaO3. The molecule has 0 saturated heterocycles. The molecule has 7 nitrogen and oxygen atoms in total. The van der Waals surface area contributed by atoms with Gasteiger partial charge in [0, 0.05) is 12.4 Å². The van der Waals surface area contributed by atoms with Crippen LogP contribution in [0.15, 0.2) is 24.7 Å². The SMILES string of the molecule is CCOC(=O)c1cnc(-n2cccn2)nc1O.[NaH]. The molecule has 0 radical (unpaired) electrons. The van der Waals surface area contributed by atoms with E-state index in [0.29, 0.717) is 0 Å². The molecule has 0 fully saturated rings. The van der Waals surface area contributed by atoms with E-state index in [4.69, 9.17) is 4.74 Å². The number of aromatic hydroxyl groups is 1. The molecule has 8 heteroatoms. The summed E-state index contributed by atoms with van der Waals surface area (Å²) in [6.45, 7) is 1.90. The van der Waals surface area contributed by atoms with Crippen LogP contribution in [0.2, 0.25) is 0 Å². The van der Waals surface area contributed by atoms with Gasteiger partial charge >= 0.3 is 35.5 Å². The van der Waals surface area contributed by atoms with Crippen LogP contribution < -0.4 is 0 Å². The summed E-state index contributed by atoms with van der Waals surface area (Å²) >= 11 is 0. The van der Waals surface area contributed by atoms with Crippen LogP contribution in [-0.4, -0.2) is 67.0 Å². The van der Waals surface area contributed by atoms with Gasteiger partial charge in [-0.15, -0.1) is 0 Å². The van der Waals surface area contributed by atoms with Crippen LogP contribution in [0, 0.1) is 0 Å². The van der Waals surface area contributed by atoms with Gasteiger partial charge in [-0.3, -0.25) is 0 Å². The predicted octanol–water partition coefficient (Wildman–Crippen LogP) is -0.104. The van der Waals surface area contributed by atoms with Gasteiger partial charge < -0.3 is 9.84 Å². The molecule has 0 bridgehead atoms. The Bertz CT molecular complexity index is 530. The molecule has 0 aliphatic heterocycles. The molecule has 0 atom stereocenters. The van der Waals surface area contributed by atoms with Gasteiger partial charge in [-0.05, 0) is 13.0 Å². The molecular weight excluding hydrogens is 247 g/mol. The Morgan fingerprint density at radius 2 is 2.33 bits per heavy atom. The van der Waals surface area contributed by atoms with Gasteiger partial charge in [0.2, 0.25) is 5.88 Å². The first-order valence-electron chi connectivity index (χ1n) is 4.95. The molecule has 18 heavy (non-hydrogen) atoms. The van der Waals surface area contributed by atoms with Gasteiger partial charge in [-0.25, -0.2) is 14.5 Å². The molecule has 0 aliphatic carbocycles. The number of aromatic nitrogens is 4. The minimum absolute atomic E-state index is 0. The normalized spacial score (nSPS) is 9.61. The number of nitrogens with zero attached hydrogens (tertiary/aromatic N) is 4. The Labute approximate surface area is 125 Å². The van der Waals surface area contributed by atoms with E-state index in [2.05, 4.69) is 15.1 Å². The summed E-state index contributed by atoms with van der Waals surface area (Å²) < 4.78 is 6.11. The third-order valence-electron chi connectivity index (χ3n) is 1.96. The van der Waals surface area contributed by atoms with Crippen LogP contribution in [0.4, 0.5) is 0 Å². The predicted molar refractivity (Wildman–Crippen MR) is 63.9 cm³/mol. The fourth-order valence-corrected chi connectivity index (χ4v) is 1.21. The summed E-state index contributed by atoms with van der Waals surface area (Å²) in [5.41, 5.74) is -0.0669. The van der Waals surface area contributed by atoms with Gasteiger partial charge in [0.15, 0.2) is 0 Å². The molecule has 0 unspecified atom stereocenters. The molecule has 0 amide bonds. The number of carbonyl (C=O) groups excluding carboxylic acids is 1. The Morgan fingerprint density at radius 3 is 2.89 bits per heavy atom. The van der Waals surface area contributed by atoms with E-state index in [0.717, 1.165) is 0 Å². The van der Waals surface area contributed by atoms with Gasteiger partial charge in [0.05, 0.1) is 12.8 Å². The van der Waals surface area contributed by atoms with E-state index in [-0.39, 0.29) is 47.7 Å². The third-order valence-corrected chi connectivity index (χ3v) is 1.96. The van der Waals surface area contributed by atoms with Crippen molar-refractivity contribution in [2.24, 2.45) is 0 Å². The average molecular weight is 258 g/mol. The van der Waals surface area contributed by atoms with Crippen molar-refractivity contribution in [3.63, 3.8) is 0 Å². The van der Waals surface area contributed by atoms with Crippen molar-refractivity contribution in [3.8, 4) is 11.8 Å². The van der Waals surface area contributed by atoms with Gasteiger partial charge in [-0.2, -0.15) is 10.1 Å². The van der Waals surface area contributed by atoms with Gasteiger partial charge in [0.1, 0.15) is 5.56 Å². The Kier molecular flexibility index (Phi) is 5.26. The molecule has 2 rings (SSSR count). The zero-order chi connectivity index (χ0) is 12.3. The van der Waals surface area contributed by atoms with Crippen molar-refractivity contribution in [3.05, 3.63) is 30.2 Å². The first-order valence-corrected chi connectivity index (χ1v) is 4.95. The van der Waals surface area contributed by atoms with Crippen molar-refractivity contribution < 1.29 is 14.6 Å². The van der Waals surface area contributed by atoms with Crippen LogP contribution in [0.25, 0.3) is 5.95 Å². The van der Waals surface area contributed by atoms with E-state index in [1.165, 1.54) is 10.9 Å². The van der Waals surface area contributed by atoms with Crippen LogP contribution >= 0.6 is 0 Å². The summed E-state index contributed by atoms with van der Waals surface area (Å²) in [5, 5.41) is 13.5. The number of ether oxygens (including phenoxy) is 1. The summed E-state index contributed by atoms with van der Waals surface area (Å²) in [4.78, 5) is 19.1. The fourth-order valence-electron chi connectivity index (χ4n) is 1.21. The zero-order valence-electron chi connectivity index (χ0n) is 9.07. The van der Waals surface area contributed by atoms with Gasteiger partial charge in [0.25, 0.3) is 5.95 Å². The monoisotopic (exact) mass is 258 g/mol. The maximum absolute atomic E-state index is 11.4. The van der Waals surface area contributed by atoms with E-state index < -0.39 is 11.8 Å². The van der Waals surface area contributed by atoms with Crippen LogP contribution in [0.3, 0.4) is 0 Å². The van der Waals surface area contributed by atoms with Crippen LogP contribution in [0.1, 0.15) is 17.3 Å². The molecule has 0 saturated carbocycles. The summed E-state index contributed by atoms with van der Waals surface area (Å²) in [6, 6.07) is 1.69. The van der Waals surface area contributed by atoms with E-state index in [1.807, 2.05) is 0 Å². The average Bonchev–Trinajstić information content (AvgIpc) is 2.82. The van der Waals surface area contributed by atoms with Crippen molar-refractivity contribution in [1.82, 2.24) is 19.7 Å². The van der Waals surface area contributed by atoms with Crippen molar-refractivity contribution in [2.45, 2.75) is 6.92 Å². The van der Waals surface area contributed by atoms with Crippen LogP contribution in [-0.2, 0) is 4.74 Å². The number of carbonyl (C=O) groups is 1. The molecule has 0 aromatic carbocycles. The summed E-state index contributed by atoms with van der Waals surface area (Å²) in [6.07, 6.45) is 4.38. The molecule has 0 spiro atoms. The zero-order valence-corrected chi connectivity index (χ0v) is 9.07. The quantitative estimate of drug-likeness (QED) is 0.610. The second-order valence-electron chi connectivity index (χ2n) is 3.08. The van der Waals surface area contributed by atoms with Gasteiger partial charge in [-0.1, -0.05) is 0 Å².